The van der Waals surface area contributed by atoms with Crippen molar-refractivity contribution in [1.29, 1.82) is 0 Å². The maximum absolute atomic E-state index is 12.9. The highest BCUT2D eigenvalue weighted by Gasteiger charge is 2.09. The van der Waals surface area contributed by atoms with Gasteiger partial charge < -0.3 is 5.73 Å². The lowest BCUT2D eigenvalue weighted by Crippen LogP contribution is -2.02. The van der Waals surface area contributed by atoms with Crippen molar-refractivity contribution >= 4 is 11.5 Å². The number of hydrogen-bond donors (Lipinski definition) is 1. The maximum Gasteiger partial charge on any atom is 0.161 e. The summed E-state index contributed by atoms with van der Waals surface area (Å²) in [5, 5.41) is 0. The monoisotopic (exact) mass is 167 g/mol. The maximum atomic E-state index is 12.9. The number of carbonyl (C=O) groups excluding carboxylic acids is 1. The molecule has 64 valence electrons. The number of carbonyl (C=O) groups is 1. The predicted octanol–water partition coefficient (Wildman–Crippen LogP) is 1.92. The molecule has 1 aromatic carbocycles. The normalized spacial score (nSPS) is 9.92. The van der Waals surface area contributed by atoms with E-state index in [2.05, 4.69) is 0 Å². The molecule has 0 saturated heterocycles. The van der Waals surface area contributed by atoms with Crippen LogP contribution >= 0.6 is 0 Å². The van der Waals surface area contributed by atoms with Gasteiger partial charge in [-0.3, -0.25) is 4.79 Å². The number of nitrogens with two attached hydrogens (primary N) is 1. The van der Waals surface area contributed by atoms with Crippen molar-refractivity contribution in [3.8, 4) is 0 Å². The number of ketones is 1. The number of benzene rings is 1. The van der Waals surface area contributed by atoms with Gasteiger partial charge in [0.25, 0.3) is 0 Å². The van der Waals surface area contributed by atoms with Crippen LogP contribution in [0.4, 0.5) is 10.1 Å². The highest BCUT2D eigenvalue weighted by molar-refractivity contribution is 5.99. The first kappa shape index (κ1) is 8.71. The first-order valence-electron chi connectivity index (χ1n) is 3.59. The van der Waals surface area contributed by atoms with Gasteiger partial charge in [-0.05, 0) is 31.5 Å². The van der Waals surface area contributed by atoms with Crippen LogP contribution in [-0.2, 0) is 0 Å². The van der Waals surface area contributed by atoms with Crippen LogP contribution in [0, 0.1) is 12.7 Å². The summed E-state index contributed by atoms with van der Waals surface area (Å²) >= 11 is 0. The third-order valence-electron chi connectivity index (χ3n) is 1.65. The largest absolute Gasteiger partial charge is 0.396 e. The van der Waals surface area contributed by atoms with Gasteiger partial charge in [-0.25, -0.2) is 4.39 Å². The Hall–Kier alpha value is -1.38. The molecule has 0 aromatic heterocycles. The summed E-state index contributed by atoms with van der Waals surface area (Å²) in [6.45, 7) is 3.08. The summed E-state index contributed by atoms with van der Waals surface area (Å²) in [4.78, 5) is 10.9. The second-order valence-electron chi connectivity index (χ2n) is 2.76. The lowest BCUT2D eigenvalue weighted by molar-refractivity contribution is 0.101. The first-order chi connectivity index (χ1) is 5.52. The third-order valence-corrected chi connectivity index (χ3v) is 1.65. The zero-order valence-corrected chi connectivity index (χ0v) is 7.02. The Kier molecular flexibility index (Phi) is 2.13. The molecule has 0 aliphatic carbocycles. The van der Waals surface area contributed by atoms with Crippen molar-refractivity contribution in [2.24, 2.45) is 0 Å². The van der Waals surface area contributed by atoms with Crippen molar-refractivity contribution < 1.29 is 9.18 Å². The van der Waals surface area contributed by atoms with Gasteiger partial charge in [-0.2, -0.15) is 0 Å². The molecule has 0 saturated carbocycles. The molecule has 3 heteroatoms. The Morgan fingerprint density at radius 2 is 2.08 bits per heavy atom. The van der Waals surface area contributed by atoms with Crippen molar-refractivity contribution in [3.63, 3.8) is 0 Å². The second-order valence-corrected chi connectivity index (χ2v) is 2.76. The Morgan fingerprint density at radius 1 is 1.50 bits per heavy atom. The van der Waals surface area contributed by atoms with E-state index in [0.29, 0.717) is 5.56 Å². The van der Waals surface area contributed by atoms with Crippen LogP contribution in [0.15, 0.2) is 12.1 Å². The molecule has 12 heavy (non-hydrogen) atoms. The van der Waals surface area contributed by atoms with E-state index in [-0.39, 0.29) is 17.0 Å². The SMILES string of the molecule is CC(=O)c1cc(C)cc(F)c1N. The fraction of sp³-hybridized carbons (Fsp3) is 0.222. The molecule has 0 heterocycles. The molecule has 0 bridgehead atoms. The summed E-state index contributed by atoms with van der Waals surface area (Å²) in [5.74, 6) is -0.740. The zero-order chi connectivity index (χ0) is 9.30. The Balaban J connectivity index is 3.37. The summed E-state index contributed by atoms with van der Waals surface area (Å²) in [6, 6.07) is 2.89. The number of halogens is 1. The molecular formula is C9H10FNO. The van der Waals surface area contributed by atoms with Gasteiger partial charge in [0.2, 0.25) is 0 Å². The summed E-state index contributed by atoms with van der Waals surface area (Å²) in [6.07, 6.45) is 0. The molecule has 0 unspecified atom stereocenters. The highest BCUT2D eigenvalue weighted by Crippen LogP contribution is 2.18. The van der Waals surface area contributed by atoms with E-state index in [1.807, 2.05) is 0 Å². The molecular weight excluding hydrogens is 157 g/mol. The molecule has 0 spiro atoms. The third kappa shape index (κ3) is 1.44. The fourth-order valence-electron chi connectivity index (χ4n) is 1.04. The van der Waals surface area contributed by atoms with E-state index < -0.39 is 5.82 Å². The van der Waals surface area contributed by atoms with E-state index >= 15 is 0 Å². The van der Waals surface area contributed by atoms with E-state index in [4.69, 9.17) is 5.73 Å². The average Bonchev–Trinajstić information content (AvgIpc) is 1.96. The van der Waals surface area contributed by atoms with Crippen LogP contribution in [0.2, 0.25) is 0 Å². The minimum Gasteiger partial charge on any atom is -0.396 e. The van der Waals surface area contributed by atoms with Crippen LogP contribution in [0.1, 0.15) is 22.8 Å². The number of hydrogen-bond acceptors (Lipinski definition) is 2. The van der Waals surface area contributed by atoms with E-state index in [1.54, 1.807) is 13.0 Å². The van der Waals surface area contributed by atoms with Gasteiger partial charge in [-0.1, -0.05) is 0 Å². The van der Waals surface area contributed by atoms with E-state index in [1.165, 1.54) is 13.0 Å². The minimum absolute atomic E-state index is 0.0619. The van der Waals surface area contributed by atoms with Gasteiger partial charge >= 0.3 is 0 Å². The Bertz CT molecular complexity index is 334. The van der Waals surface area contributed by atoms with Crippen LogP contribution in [0.25, 0.3) is 0 Å². The van der Waals surface area contributed by atoms with Gasteiger partial charge in [0, 0.05) is 5.56 Å². The Morgan fingerprint density at radius 3 is 2.58 bits per heavy atom. The van der Waals surface area contributed by atoms with Gasteiger partial charge in [0.15, 0.2) is 5.78 Å². The molecule has 2 N–H and O–H groups in total. The van der Waals surface area contributed by atoms with E-state index in [0.717, 1.165) is 0 Å². The zero-order valence-electron chi connectivity index (χ0n) is 7.02. The standard InChI is InChI=1S/C9H10FNO/c1-5-3-7(6(2)12)9(11)8(10)4-5/h3-4H,11H2,1-2H3. The summed E-state index contributed by atoms with van der Waals surface area (Å²) in [7, 11) is 0. The van der Waals surface area contributed by atoms with Gasteiger partial charge in [0.05, 0.1) is 5.69 Å². The topological polar surface area (TPSA) is 43.1 Å². The quantitative estimate of drug-likeness (QED) is 0.513. The molecule has 1 rings (SSSR count). The smallest absolute Gasteiger partial charge is 0.161 e. The van der Waals surface area contributed by atoms with Crippen LogP contribution in [0.3, 0.4) is 0 Å². The lowest BCUT2D eigenvalue weighted by Gasteiger charge is -2.03. The number of rotatable bonds is 1. The van der Waals surface area contributed by atoms with Crippen LogP contribution in [-0.4, -0.2) is 5.78 Å². The van der Waals surface area contributed by atoms with Gasteiger partial charge in [0.1, 0.15) is 5.82 Å². The highest BCUT2D eigenvalue weighted by atomic mass is 19.1. The van der Waals surface area contributed by atoms with Crippen molar-refractivity contribution in [3.05, 3.63) is 29.1 Å². The molecule has 0 radical (unpaired) electrons. The summed E-state index contributed by atoms with van der Waals surface area (Å²) in [5.41, 5.74) is 6.25. The minimum atomic E-state index is -0.528. The molecule has 0 aliphatic rings. The van der Waals surface area contributed by atoms with Crippen molar-refractivity contribution in [2.75, 3.05) is 5.73 Å². The summed E-state index contributed by atoms with van der Waals surface area (Å²) < 4.78 is 12.9. The fourth-order valence-corrected chi connectivity index (χ4v) is 1.04. The van der Waals surface area contributed by atoms with Crippen molar-refractivity contribution in [1.82, 2.24) is 0 Å². The lowest BCUT2D eigenvalue weighted by atomic mass is 10.1. The van der Waals surface area contributed by atoms with Gasteiger partial charge in [-0.15, -0.1) is 0 Å². The molecule has 1 aromatic rings. The van der Waals surface area contributed by atoms with Crippen LogP contribution < -0.4 is 5.73 Å². The van der Waals surface area contributed by atoms with Crippen molar-refractivity contribution in [2.45, 2.75) is 13.8 Å². The average molecular weight is 167 g/mol. The number of Topliss-reactive ketones (excluding diaryl/α,β-unsaturated/α-hetero) is 1. The molecule has 0 aliphatic heterocycles. The number of anilines is 1. The van der Waals surface area contributed by atoms with Crippen LogP contribution in [0.5, 0.6) is 0 Å². The number of nitrogen functional groups attached to an aromatic ring is 1. The Labute approximate surface area is 70.2 Å². The van der Waals surface area contributed by atoms with E-state index in [9.17, 15) is 9.18 Å². The second kappa shape index (κ2) is 2.93. The molecule has 2 nitrogen and oxygen atoms in total. The molecule has 0 atom stereocenters. The first-order valence-corrected chi connectivity index (χ1v) is 3.59. The molecule has 0 fully saturated rings. The molecule has 0 amide bonds. The number of aryl methyl sites for hydroxylation is 1. The predicted molar refractivity (Wildman–Crippen MR) is 45.6 cm³/mol.